The molecule has 0 aliphatic carbocycles. The molecule has 1 aliphatic heterocycles. The molecule has 0 bridgehead atoms. The van der Waals surface area contributed by atoms with Crippen molar-refractivity contribution < 1.29 is 8.78 Å². The fourth-order valence-corrected chi connectivity index (χ4v) is 2.31. The van der Waals surface area contributed by atoms with Crippen LogP contribution in [-0.4, -0.2) is 13.1 Å². The molecule has 0 saturated carbocycles. The minimum Gasteiger partial charge on any atom is -0.316 e. The lowest BCUT2D eigenvalue weighted by Crippen LogP contribution is -2.37. The smallest absolute Gasteiger partial charge is 0.143 e. The number of hydrogen-bond donors (Lipinski definition) is 1. The summed E-state index contributed by atoms with van der Waals surface area (Å²) in [5, 5.41) is 3.07. The van der Waals surface area contributed by atoms with Gasteiger partial charge in [-0.05, 0) is 47.9 Å². The van der Waals surface area contributed by atoms with Crippen molar-refractivity contribution in [2.75, 3.05) is 13.1 Å². The molecular formula is C11H12BrF2N. The van der Waals surface area contributed by atoms with Gasteiger partial charge in [-0.2, -0.15) is 0 Å². The van der Waals surface area contributed by atoms with Crippen LogP contribution in [0.15, 0.2) is 22.7 Å². The molecule has 1 nitrogen and oxygen atoms in total. The first kappa shape index (κ1) is 11.0. The lowest BCUT2D eigenvalue weighted by atomic mass is 9.86. The number of hydrogen-bond acceptors (Lipinski definition) is 1. The summed E-state index contributed by atoms with van der Waals surface area (Å²) >= 11 is 3.08. The van der Waals surface area contributed by atoms with Gasteiger partial charge in [0.2, 0.25) is 0 Å². The quantitative estimate of drug-likeness (QED) is 0.831. The lowest BCUT2D eigenvalue weighted by molar-refractivity contribution is 0.110. The highest BCUT2D eigenvalue weighted by Gasteiger charge is 2.36. The molecule has 1 fully saturated rings. The van der Waals surface area contributed by atoms with Gasteiger partial charge in [0.25, 0.3) is 0 Å². The van der Waals surface area contributed by atoms with Gasteiger partial charge in [-0.3, -0.25) is 0 Å². The molecule has 2 rings (SSSR count). The van der Waals surface area contributed by atoms with Crippen LogP contribution in [0.5, 0.6) is 0 Å². The highest BCUT2D eigenvalue weighted by molar-refractivity contribution is 9.10. The molecule has 4 heteroatoms. The first-order chi connectivity index (χ1) is 7.13. The van der Waals surface area contributed by atoms with Gasteiger partial charge >= 0.3 is 0 Å². The van der Waals surface area contributed by atoms with E-state index in [1.165, 1.54) is 6.07 Å². The van der Waals surface area contributed by atoms with E-state index in [9.17, 15) is 8.78 Å². The van der Waals surface area contributed by atoms with Crippen LogP contribution in [0.3, 0.4) is 0 Å². The molecule has 15 heavy (non-hydrogen) atoms. The third-order valence-electron chi connectivity index (χ3n) is 2.83. The Hall–Kier alpha value is -0.480. The molecule has 1 saturated heterocycles. The summed E-state index contributed by atoms with van der Waals surface area (Å²) in [6, 6.07) is 4.79. The number of halogens is 3. The van der Waals surface area contributed by atoms with Gasteiger partial charge in [0, 0.05) is 5.56 Å². The molecule has 0 unspecified atom stereocenters. The molecule has 1 aliphatic rings. The molecular weight excluding hydrogens is 264 g/mol. The fraction of sp³-hybridized carbons (Fsp3) is 0.455. The van der Waals surface area contributed by atoms with E-state index in [1.54, 1.807) is 12.1 Å². The van der Waals surface area contributed by atoms with Gasteiger partial charge in [-0.25, -0.2) is 8.78 Å². The topological polar surface area (TPSA) is 12.0 Å². The normalized spacial score (nSPS) is 20.2. The van der Waals surface area contributed by atoms with Gasteiger partial charge < -0.3 is 5.32 Å². The Labute approximate surface area is 96.0 Å². The molecule has 0 aromatic heterocycles. The van der Waals surface area contributed by atoms with Crippen molar-refractivity contribution in [2.45, 2.75) is 18.5 Å². The Morgan fingerprint density at radius 1 is 1.27 bits per heavy atom. The molecule has 1 aromatic carbocycles. The Balaban J connectivity index is 2.39. The molecule has 82 valence electrons. The van der Waals surface area contributed by atoms with Crippen LogP contribution in [0.1, 0.15) is 18.4 Å². The zero-order valence-electron chi connectivity index (χ0n) is 8.19. The van der Waals surface area contributed by atoms with Crippen LogP contribution in [0, 0.1) is 5.82 Å². The van der Waals surface area contributed by atoms with Crippen molar-refractivity contribution in [3.05, 3.63) is 34.1 Å². The van der Waals surface area contributed by atoms with E-state index in [2.05, 4.69) is 21.2 Å². The van der Waals surface area contributed by atoms with Crippen molar-refractivity contribution in [3.63, 3.8) is 0 Å². The minimum absolute atomic E-state index is 0.179. The van der Waals surface area contributed by atoms with Gasteiger partial charge in [-0.15, -0.1) is 0 Å². The molecule has 0 atom stereocenters. The van der Waals surface area contributed by atoms with Crippen molar-refractivity contribution in [3.8, 4) is 0 Å². The number of alkyl halides is 1. The van der Waals surface area contributed by atoms with Gasteiger partial charge in [0.1, 0.15) is 11.5 Å². The van der Waals surface area contributed by atoms with E-state index < -0.39 is 11.5 Å². The first-order valence-electron chi connectivity index (χ1n) is 4.98. The maximum atomic E-state index is 14.4. The SMILES string of the molecule is Fc1c(Br)cccc1C1(F)CCNCC1. The number of piperidine rings is 1. The van der Waals surface area contributed by atoms with Crippen LogP contribution in [0.2, 0.25) is 0 Å². The molecule has 0 spiro atoms. The summed E-state index contributed by atoms with van der Waals surface area (Å²) in [6.45, 7) is 1.20. The second-order valence-corrected chi connectivity index (χ2v) is 4.67. The average molecular weight is 276 g/mol. The summed E-state index contributed by atoms with van der Waals surface area (Å²) in [6.07, 6.45) is 0.667. The Morgan fingerprint density at radius 2 is 1.93 bits per heavy atom. The largest absolute Gasteiger partial charge is 0.316 e. The average Bonchev–Trinajstić information content (AvgIpc) is 2.23. The maximum absolute atomic E-state index is 14.4. The molecule has 0 amide bonds. The Morgan fingerprint density at radius 3 is 2.60 bits per heavy atom. The monoisotopic (exact) mass is 275 g/mol. The van der Waals surface area contributed by atoms with Gasteiger partial charge in [-0.1, -0.05) is 12.1 Å². The van der Waals surface area contributed by atoms with E-state index in [1.807, 2.05) is 0 Å². The first-order valence-corrected chi connectivity index (χ1v) is 5.77. The van der Waals surface area contributed by atoms with E-state index in [4.69, 9.17) is 0 Å². The summed E-state index contributed by atoms with van der Waals surface area (Å²) in [7, 11) is 0. The van der Waals surface area contributed by atoms with Crippen LogP contribution < -0.4 is 5.32 Å². The zero-order valence-corrected chi connectivity index (χ0v) is 9.78. The molecule has 1 aromatic rings. The van der Waals surface area contributed by atoms with Crippen molar-refractivity contribution >= 4 is 15.9 Å². The second kappa shape index (κ2) is 4.18. The third kappa shape index (κ3) is 2.06. The highest BCUT2D eigenvalue weighted by Crippen LogP contribution is 2.37. The third-order valence-corrected chi connectivity index (χ3v) is 3.44. The van der Waals surface area contributed by atoms with Gasteiger partial charge in [0.15, 0.2) is 0 Å². The number of benzene rings is 1. The predicted molar refractivity (Wildman–Crippen MR) is 59.0 cm³/mol. The highest BCUT2D eigenvalue weighted by atomic mass is 79.9. The second-order valence-electron chi connectivity index (χ2n) is 3.82. The van der Waals surface area contributed by atoms with Crippen molar-refractivity contribution in [2.24, 2.45) is 0 Å². The van der Waals surface area contributed by atoms with Crippen LogP contribution in [0.25, 0.3) is 0 Å². The summed E-state index contributed by atoms with van der Waals surface area (Å²) in [5.41, 5.74) is -1.34. The zero-order chi connectivity index (χ0) is 10.9. The number of nitrogens with one attached hydrogen (secondary N) is 1. The fourth-order valence-electron chi connectivity index (χ4n) is 1.94. The predicted octanol–water partition coefficient (Wildman–Crippen LogP) is 3.14. The van der Waals surface area contributed by atoms with E-state index in [-0.39, 0.29) is 5.56 Å². The molecule has 1 N–H and O–H groups in total. The van der Waals surface area contributed by atoms with E-state index in [0.717, 1.165) is 0 Å². The standard InChI is InChI=1S/C11H12BrF2N/c12-9-3-1-2-8(10(9)13)11(14)4-6-15-7-5-11/h1-3,15H,4-7H2. The van der Waals surface area contributed by atoms with Crippen LogP contribution >= 0.6 is 15.9 Å². The van der Waals surface area contributed by atoms with Crippen molar-refractivity contribution in [1.82, 2.24) is 5.32 Å². The van der Waals surface area contributed by atoms with Crippen LogP contribution in [-0.2, 0) is 5.67 Å². The maximum Gasteiger partial charge on any atom is 0.143 e. The summed E-state index contributed by atoms with van der Waals surface area (Å²) in [5.74, 6) is -0.470. The molecule has 1 heterocycles. The van der Waals surface area contributed by atoms with Gasteiger partial charge in [0.05, 0.1) is 4.47 Å². The van der Waals surface area contributed by atoms with Crippen molar-refractivity contribution in [1.29, 1.82) is 0 Å². The Bertz CT molecular complexity index is 362. The summed E-state index contributed by atoms with van der Waals surface area (Å²) in [4.78, 5) is 0. The Kier molecular flexibility index (Phi) is 3.07. The minimum atomic E-state index is -1.51. The van der Waals surface area contributed by atoms with Crippen LogP contribution in [0.4, 0.5) is 8.78 Å². The lowest BCUT2D eigenvalue weighted by Gasteiger charge is -2.30. The molecule has 0 radical (unpaired) electrons. The number of rotatable bonds is 1. The van der Waals surface area contributed by atoms with E-state index >= 15 is 0 Å². The summed E-state index contributed by atoms with van der Waals surface area (Å²) < 4.78 is 28.5. The van der Waals surface area contributed by atoms with E-state index in [0.29, 0.717) is 30.4 Å².